The van der Waals surface area contributed by atoms with Crippen LogP contribution < -0.4 is 16.0 Å². The van der Waals surface area contributed by atoms with Gasteiger partial charge in [-0.1, -0.05) is 18.2 Å². The molecular weight excluding hydrogens is 538 g/mol. The van der Waals surface area contributed by atoms with Gasteiger partial charge in [-0.25, -0.2) is 4.99 Å². The Morgan fingerprint density at radius 2 is 1.31 bits per heavy atom. The van der Waals surface area contributed by atoms with Gasteiger partial charge in [-0.05, 0) is 60.2 Å². The van der Waals surface area contributed by atoms with Gasteiger partial charge in [0.2, 0.25) is 0 Å². The highest BCUT2D eigenvalue weighted by molar-refractivity contribution is 6.23. The quantitative estimate of drug-likeness (QED) is 0.179. The molecule has 3 N–H and O–H groups in total. The summed E-state index contributed by atoms with van der Waals surface area (Å²) in [4.78, 5) is 77.3. The Labute approximate surface area is 238 Å². The Morgan fingerprint density at radius 3 is 1.95 bits per heavy atom. The number of nitrogens with zero attached hydrogens (tertiary/aromatic N) is 2. The van der Waals surface area contributed by atoms with E-state index in [2.05, 4.69) is 20.9 Å². The van der Waals surface area contributed by atoms with E-state index in [1.807, 2.05) is 0 Å². The van der Waals surface area contributed by atoms with Crippen LogP contribution in [-0.4, -0.2) is 46.1 Å². The van der Waals surface area contributed by atoms with Gasteiger partial charge in [0.15, 0.2) is 5.78 Å². The number of hydrogen-bond donors (Lipinski definition) is 3. The summed E-state index contributed by atoms with van der Waals surface area (Å²) in [6, 6.07) is 19.3. The second-order valence-corrected chi connectivity index (χ2v) is 9.76. The maximum Gasteiger partial charge on any atom is 0.258 e. The SMILES string of the molecule is Cn1c(CC(=O)c2ccc3c(c2)C(=O)NC3=O)ccc1N=Cc1ccc(NC(=O)c2ccc3c(c2)C(=O)NC3=O)cc1. The molecule has 11 nitrogen and oxygen atoms in total. The average molecular weight is 560 g/mol. The fourth-order valence-corrected chi connectivity index (χ4v) is 4.76. The molecule has 0 bridgehead atoms. The zero-order valence-electron chi connectivity index (χ0n) is 22.1. The van der Waals surface area contributed by atoms with Gasteiger partial charge in [0.25, 0.3) is 29.5 Å². The molecule has 5 amide bonds. The molecule has 0 unspecified atom stereocenters. The Morgan fingerprint density at radius 1 is 0.738 bits per heavy atom. The summed E-state index contributed by atoms with van der Waals surface area (Å²) in [6.07, 6.45) is 1.73. The molecule has 3 aromatic carbocycles. The number of amides is 5. The molecule has 3 heterocycles. The molecule has 206 valence electrons. The van der Waals surface area contributed by atoms with Gasteiger partial charge in [-0.2, -0.15) is 0 Å². The van der Waals surface area contributed by atoms with Crippen molar-refractivity contribution < 1.29 is 28.8 Å². The molecule has 0 radical (unpaired) electrons. The van der Waals surface area contributed by atoms with Crippen molar-refractivity contribution in [2.75, 3.05) is 5.32 Å². The van der Waals surface area contributed by atoms with Crippen LogP contribution in [0.4, 0.5) is 11.5 Å². The van der Waals surface area contributed by atoms with Crippen molar-refractivity contribution in [3.63, 3.8) is 0 Å². The van der Waals surface area contributed by atoms with E-state index in [4.69, 9.17) is 0 Å². The number of nitrogens with one attached hydrogen (secondary N) is 3. The lowest BCUT2D eigenvalue weighted by Crippen LogP contribution is -2.19. The number of Topliss-reactive ketones (excluding diaryl/α,β-unsaturated/α-hetero) is 1. The third-order valence-corrected chi connectivity index (χ3v) is 7.11. The van der Waals surface area contributed by atoms with Gasteiger partial charge in [-0.15, -0.1) is 0 Å². The number of ketones is 1. The number of carbonyl (C=O) groups excluding carboxylic acids is 6. The molecule has 0 saturated heterocycles. The van der Waals surface area contributed by atoms with Crippen LogP contribution in [-0.2, 0) is 13.5 Å². The summed E-state index contributed by atoms with van der Waals surface area (Å²) < 4.78 is 1.79. The second-order valence-electron chi connectivity index (χ2n) is 9.76. The third-order valence-electron chi connectivity index (χ3n) is 7.11. The zero-order chi connectivity index (χ0) is 29.5. The van der Waals surface area contributed by atoms with Crippen molar-refractivity contribution in [3.05, 3.63) is 117 Å². The molecule has 0 spiro atoms. The molecule has 11 heteroatoms. The summed E-state index contributed by atoms with van der Waals surface area (Å²) in [6.45, 7) is 0. The molecule has 2 aliphatic rings. The Bertz CT molecular complexity index is 1900. The Hall–Kier alpha value is -5.97. The number of aliphatic imine (C=N–C) groups is 1. The van der Waals surface area contributed by atoms with Crippen LogP contribution >= 0.6 is 0 Å². The molecule has 42 heavy (non-hydrogen) atoms. The van der Waals surface area contributed by atoms with Crippen molar-refractivity contribution in [2.45, 2.75) is 6.42 Å². The first-order chi connectivity index (χ1) is 20.2. The smallest absolute Gasteiger partial charge is 0.258 e. The first-order valence-electron chi connectivity index (χ1n) is 12.8. The number of hydrogen-bond acceptors (Lipinski definition) is 7. The lowest BCUT2D eigenvalue weighted by Gasteiger charge is -2.07. The molecule has 0 aliphatic carbocycles. The number of aromatic nitrogens is 1. The number of carbonyl (C=O) groups is 6. The Balaban J connectivity index is 1.09. The highest BCUT2D eigenvalue weighted by Crippen LogP contribution is 2.22. The number of fused-ring (bicyclic) bond motifs is 2. The molecule has 2 aliphatic heterocycles. The molecular formula is C31H21N5O6. The maximum atomic E-state index is 12.9. The monoisotopic (exact) mass is 559 g/mol. The zero-order valence-corrected chi connectivity index (χ0v) is 22.1. The number of anilines is 1. The van der Waals surface area contributed by atoms with E-state index in [9.17, 15) is 28.8 Å². The maximum absolute atomic E-state index is 12.9. The van der Waals surface area contributed by atoms with Crippen molar-refractivity contribution in [2.24, 2.45) is 12.0 Å². The molecule has 6 rings (SSSR count). The van der Waals surface area contributed by atoms with Crippen LogP contribution in [0.1, 0.15) is 73.4 Å². The van der Waals surface area contributed by atoms with E-state index >= 15 is 0 Å². The topological polar surface area (TPSA) is 156 Å². The van der Waals surface area contributed by atoms with Crippen LogP contribution in [0.3, 0.4) is 0 Å². The third kappa shape index (κ3) is 4.79. The van der Waals surface area contributed by atoms with Crippen LogP contribution in [0, 0.1) is 0 Å². The van der Waals surface area contributed by atoms with E-state index in [1.165, 1.54) is 30.3 Å². The van der Waals surface area contributed by atoms with Gasteiger partial charge >= 0.3 is 0 Å². The van der Waals surface area contributed by atoms with Gasteiger partial charge in [0.1, 0.15) is 5.82 Å². The van der Waals surface area contributed by atoms with Crippen molar-refractivity contribution in [1.29, 1.82) is 0 Å². The van der Waals surface area contributed by atoms with Gasteiger partial charge in [-0.3, -0.25) is 39.4 Å². The minimum Gasteiger partial charge on any atom is -0.333 e. The minimum atomic E-state index is -0.529. The minimum absolute atomic E-state index is 0.0833. The van der Waals surface area contributed by atoms with Crippen LogP contribution in [0.15, 0.2) is 77.8 Å². The highest BCUT2D eigenvalue weighted by Gasteiger charge is 2.28. The molecule has 0 atom stereocenters. The van der Waals surface area contributed by atoms with E-state index in [-0.39, 0.29) is 40.0 Å². The van der Waals surface area contributed by atoms with Crippen molar-refractivity contribution in [3.8, 4) is 0 Å². The average Bonchev–Trinajstić information content (AvgIpc) is 3.59. The van der Waals surface area contributed by atoms with Gasteiger partial charge in [0.05, 0.1) is 28.7 Å². The number of benzene rings is 3. The number of rotatable bonds is 7. The molecule has 0 fully saturated rings. The van der Waals surface area contributed by atoms with Crippen LogP contribution in [0.25, 0.3) is 0 Å². The van der Waals surface area contributed by atoms with Gasteiger partial charge in [0, 0.05) is 35.8 Å². The molecule has 1 aromatic heterocycles. The highest BCUT2D eigenvalue weighted by atomic mass is 16.2. The lowest BCUT2D eigenvalue weighted by atomic mass is 10.0. The summed E-state index contributed by atoms with van der Waals surface area (Å²) in [5.41, 5.74) is 3.48. The summed E-state index contributed by atoms with van der Waals surface area (Å²) in [7, 11) is 1.79. The van der Waals surface area contributed by atoms with E-state index < -0.39 is 29.5 Å². The van der Waals surface area contributed by atoms with Crippen LogP contribution in [0.5, 0.6) is 0 Å². The van der Waals surface area contributed by atoms with E-state index in [0.717, 1.165) is 11.3 Å². The summed E-state index contributed by atoms with van der Waals surface area (Å²) in [5.74, 6) is -1.99. The predicted molar refractivity (Wildman–Crippen MR) is 152 cm³/mol. The lowest BCUT2D eigenvalue weighted by molar-refractivity contribution is 0.0863. The van der Waals surface area contributed by atoms with E-state index in [0.29, 0.717) is 17.1 Å². The van der Waals surface area contributed by atoms with Crippen molar-refractivity contribution >= 4 is 53.0 Å². The standard InChI is InChI=1S/C31H21N5O6/c1-36-20(14-25(37)17-4-9-21-23(12-17)30(41)34-28(21)39)8-11-26(36)32-15-16-2-6-19(7-3-16)33-27(38)18-5-10-22-24(13-18)31(42)35-29(22)40/h2-13,15H,14H2,1H3,(H,33,38)(H,34,39,41)(H,35,40,42). The normalized spacial score (nSPS) is 13.6. The largest absolute Gasteiger partial charge is 0.333 e. The fourth-order valence-electron chi connectivity index (χ4n) is 4.76. The fraction of sp³-hybridized carbons (Fsp3) is 0.0645. The molecule has 4 aromatic rings. The molecule has 0 saturated carbocycles. The van der Waals surface area contributed by atoms with Gasteiger partial charge < -0.3 is 9.88 Å². The van der Waals surface area contributed by atoms with E-state index in [1.54, 1.807) is 60.3 Å². The second kappa shape index (κ2) is 10.2. The number of imide groups is 2. The van der Waals surface area contributed by atoms with Crippen LogP contribution in [0.2, 0.25) is 0 Å². The predicted octanol–water partition coefficient (Wildman–Crippen LogP) is 3.22. The first-order valence-corrected chi connectivity index (χ1v) is 12.8. The summed E-state index contributed by atoms with van der Waals surface area (Å²) in [5, 5.41) is 7.18. The summed E-state index contributed by atoms with van der Waals surface area (Å²) >= 11 is 0. The Kier molecular flexibility index (Phi) is 6.39. The first kappa shape index (κ1) is 26.3. The van der Waals surface area contributed by atoms with Crippen molar-refractivity contribution in [1.82, 2.24) is 15.2 Å².